The van der Waals surface area contributed by atoms with Gasteiger partial charge < -0.3 is 10.6 Å². The van der Waals surface area contributed by atoms with Gasteiger partial charge in [0, 0.05) is 6.04 Å². The van der Waals surface area contributed by atoms with Gasteiger partial charge >= 0.3 is 0 Å². The fourth-order valence-electron chi connectivity index (χ4n) is 3.26. The smallest absolute Gasteiger partial charge is 0.262 e. The number of carbonyl (C=O) groups is 2. The fraction of sp³-hybridized carbons (Fsp3) is 0.400. The summed E-state index contributed by atoms with van der Waals surface area (Å²) in [5.41, 5.74) is 0.804. The van der Waals surface area contributed by atoms with E-state index in [2.05, 4.69) is 10.6 Å². The molecule has 2 amide bonds. The molecule has 0 unspecified atom stereocenters. The summed E-state index contributed by atoms with van der Waals surface area (Å²) >= 11 is 1.37. The van der Waals surface area contributed by atoms with Gasteiger partial charge in [-0.25, -0.2) is 0 Å². The summed E-state index contributed by atoms with van der Waals surface area (Å²) in [7, 11) is 0. The second kappa shape index (κ2) is 8.81. The molecule has 1 aliphatic rings. The van der Waals surface area contributed by atoms with Crippen LogP contribution in [0.4, 0.5) is 0 Å². The zero-order valence-corrected chi connectivity index (χ0v) is 15.1. The molecule has 5 heteroatoms. The standard InChI is InChI=1S/C20H24N2O2S/c23-19(17-13-8-14-25-17)22-18(15-9-4-3-5-10-15)20(24)21-16-11-6-1-2-7-12-16/h3-5,8-10,13-14,16,18H,1-2,6-7,11-12H2,(H,21,24)(H,22,23)/t18-/m1/s1. The summed E-state index contributed by atoms with van der Waals surface area (Å²) < 4.78 is 0. The van der Waals surface area contributed by atoms with E-state index >= 15 is 0 Å². The highest BCUT2D eigenvalue weighted by Crippen LogP contribution is 2.20. The van der Waals surface area contributed by atoms with Gasteiger partial charge in [-0.05, 0) is 29.9 Å². The van der Waals surface area contributed by atoms with Gasteiger partial charge in [-0.1, -0.05) is 62.1 Å². The number of nitrogens with one attached hydrogen (secondary N) is 2. The molecule has 0 radical (unpaired) electrons. The third kappa shape index (κ3) is 4.92. The van der Waals surface area contributed by atoms with Crippen molar-refractivity contribution in [1.29, 1.82) is 0 Å². The molecule has 25 heavy (non-hydrogen) atoms. The summed E-state index contributed by atoms with van der Waals surface area (Å²) in [5, 5.41) is 7.92. The largest absolute Gasteiger partial charge is 0.351 e. The van der Waals surface area contributed by atoms with E-state index in [1.807, 2.05) is 41.8 Å². The Morgan fingerprint density at radius 3 is 2.32 bits per heavy atom. The maximum atomic E-state index is 12.9. The van der Waals surface area contributed by atoms with Crippen molar-refractivity contribution in [2.45, 2.75) is 50.6 Å². The highest BCUT2D eigenvalue weighted by Gasteiger charge is 2.26. The maximum absolute atomic E-state index is 12.9. The Balaban J connectivity index is 1.73. The molecule has 2 aromatic rings. The van der Waals surface area contributed by atoms with Crippen LogP contribution in [0.25, 0.3) is 0 Å². The van der Waals surface area contributed by atoms with Gasteiger partial charge in [0.25, 0.3) is 5.91 Å². The lowest BCUT2D eigenvalue weighted by Crippen LogP contribution is -2.44. The summed E-state index contributed by atoms with van der Waals surface area (Å²) in [4.78, 5) is 26.0. The first-order chi connectivity index (χ1) is 12.2. The molecule has 0 saturated heterocycles. The van der Waals surface area contributed by atoms with Gasteiger partial charge in [0.2, 0.25) is 5.91 Å². The minimum atomic E-state index is -0.668. The third-order valence-electron chi connectivity index (χ3n) is 4.62. The van der Waals surface area contributed by atoms with Crippen LogP contribution in [0.5, 0.6) is 0 Å². The predicted molar refractivity (Wildman–Crippen MR) is 101 cm³/mol. The molecule has 2 N–H and O–H groups in total. The first kappa shape index (κ1) is 17.7. The quantitative estimate of drug-likeness (QED) is 0.794. The van der Waals surface area contributed by atoms with E-state index in [-0.39, 0.29) is 17.9 Å². The molecule has 1 aromatic heterocycles. The number of amides is 2. The molecule has 132 valence electrons. The van der Waals surface area contributed by atoms with Crippen molar-refractivity contribution in [1.82, 2.24) is 10.6 Å². The SMILES string of the molecule is O=C(N[C@@H](C(=O)NC1CCCCCC1)c1ccccc1)c1cccs1. The van der Waals surface area contributed by atoms with E-state index in [0.717, 1.165) is 31.2 Å². The summed E-state index contributed by atoms with van der Waals surface area (Å²) in [6.07, 6.45) is 6.83. The van der Waals surface area contributed by atoms with Crippen LogP contribution in [-0.2, 0) is 4.79 Å². The average Bonchev–Trinajstić information content (AvgIpc) is 3.06. The molecule has 0 spiro atoms. The maximum Gasteiger partial charge on any atom is 0.262 e. The number of hydrogen-bond acceptors (Lipinski definition) is 3. The lowest BCUT2D eigenvalue weighted by molar-refractivity contribution is -0.123. The number of hydrogen-bond donors (Lipinski definition) is 2. The zero-order chi connectivity index (χ0) is 17.5. The van der Waals surface area contributed by atoms with E-state index in [4.69, 9.17) is 0 Å². The van der Waals surface area contributed by atoms with Crippen LogP contribution in [0.1, 0.15) is 59.8 Å². The molecule has 3 rings (SSSR count). The molecule has 1 aromatic carbocycles. The summed E-state index contributed by atoms with van der Waals surface area (Å²) in [6, 6.07) is 12.6. The topological polar surface area (TPSA) is 58.2 Å². The lowest BCUT2D eigenvalue weighted by Gasteiger charge is -2.23. The van der Waals surface area contributed by atoms with E-state index in [0.29, 0.717) is 4.88 Å². The van der Waals surface area contributed by atoms with Crippen molar-refractivity contribution < 1.29 is 9.59 Å². The first-order valence-electron chi connectivity index (χ1n) is 8.94. The minimum absolute atomic E-state index is 0.122. The number of carbonyl (C=O) groups excluding carboxylic acids is 2. The predicted octanol–water partition coefficient (Wildman–Crippen LogP) is 4.06. The van der Waals surface area contributed by atoms with Crippen molar-refractivity contribution in [3.05, 3.63) is 58.3 Å². The van der Waals surface area contributed by atoms with Crippen LogP contribution in [0, 0.1) is 0 Å². The van der Waals surface area contributed by atoms with Crippen molar-refractivity contribution in [3.63, 3.8) is 0 Å². The number of thiophene rings is 1. The van der Waals surface area contributed by atoms with Gasteiger partial charge in [0.15, 0.2) is 0 Å². The van der Waals surface area contributed by atoms with Crippen LogP contribution >= 0.6 is 11.3 Å². The number of rotatable bonds is 5. The van der Waals surface area contributed by atoms with Crippen LogP contribution < -0.4 is 10.6 Å². The fourth-order valence-corrected chi connectivity index (χ4v) is 3.89. The van der Waals surface area contributed by atoms with E-state index in [1.54, 1.807) is 6.07 Å². The van der Waals surface area contributed by atoms with E-state index in [9.17, 15) is 9.59 Å². The summed E-state index contributed by atoms with van der Waals surface area (Å²) in [6.45, 7) is 0. The Labute approximate surface area is 152 Å². The van der Waals surface area contributed by atoms with Crippen molar-refractivity contribution in [2.24, 2.45) is 0 Å². The highest BCUT2D eigenvalue weighted by atomic mass is 32.1. The Hall–Kier alpha value is -2.14. The molecule has 4 nitrogen and oxygen atoms in total. The Bertz CT molecular complexity index is 677. The average molecular weight is 356 g/mol. The second-order valence-corrected chi connectivity index (χ2v) is 7.44. The van der Waals surface area contributed by atoms with Crippen LogP contribution in [-0.4, -0.2) is 17.9 Å². The van der Waals surface area contributed by atoms with Crippen LogP contribution in [0.2, 0.25) is 0 Å². The third-order valence-corrected chi connectivity index (χ3v) is 5.49. The Kier molecular flexibility index (Phi) is 6.23. The van der Waals surface area contributed by atoms with Crippen molar-refractivity contribution in [3.8, 4) is 0 Å². The second-order valence-electron chi connectivity index (χ2n) is 6.49. The molecular weight excluding hydrogens is 332 g/mol. The first-order valence-corrected chi connectivity index (χ1v) is 9.81. The molecule has 1 aliphatic carbocycles. The normalized spacial score (nSPS) is 16.6. The van der Waals surface area contributed by atoms with Gasteiger partial charge in [-0.3, -0.25) is 9.59 Å². The minimum Gasteiger partial charge on any atom is -0.351 e. The van der Waals surface area contributed by atoms with Gasteiger partial charge in [-0.15, -0.1) is 11.3 Å². The molecule has 1 saturated carbocycles. The van der Waals surface area contributed by atoms with E-state index < -0.39 is 6.04 Å². The van der Waals surface area contributed by atoms with Crippen molar-refractivity contribution >= 4 is 23.2 Å². The van der Waals surface area contributed by atoms with Gasteiger partial charge in [-0.2, -0.15) is 0 Å². The highest BCUT2D eigenvalue weighted by molar-refractivity contribution is 7.12. The van der Waals surface area contributed by atoms with Crippen LogP contribution in [0.3, 0.4) is 0 Å². The Morgan fingerprint density at radius 1 is 0.960 bits per heavy atom. The van der Waals surface area contributed by atoms with Crippen molar-refractivity contribution in [2.75, 3.05) is 0 Å². The number of benzene rings is 1. The lowest BCUT2D eigenvalue weighted by atomic mass is 10.0. The molecule has 1 atom stereocenters. The van der Waals surface area contributed by atoms with E-state index in [1.165, 1.54) is 24.2 Å². The zero-order valence-electron chi connectivity index (χ0n) is 14.2. The van der Waals surface area contributed by atoms with Gasteiger partial charge in [0.1, 0.15) is 6.04 Å². The Morgan fingerprint density at radius 2 is 1.68 bits per heavy atom. The molecule has 0 aliphatic heterocycles. The van der Waals surface area contributed by atoms with Gasteiger partial charge in [0.05, 0.1) is 4.88 Å². The monoisotopic (exact) mass is 356 g/mol. The summed E-state index contributed by atoms with van der Waals surface area (Å²) in [5.74, 6) is -0.331. The molecular formula is C20H24N2O2S. The van der Waals surface area contributed by atoms with Crippen LogP contribution in [0.15, 0.2) is 47.8 Å². The molecule has 1 heterocycles. The molecule has 1 fully saturated rings. The molecule has 0 bridgehead atoms.